The van der Waals surface area contributed by atoms with Gasteiger partial charge in [-0.05, 0) is 72.4 Å². The Morgan fingerprint density at radius 3 is 2.23 bits per heavy atom. The summed E-state index contributed by atoms with van der Waals surface area (Å²) in [7, 11) is 2.91. The first kappa shape index (κ1) is 21.2. The highest BCUT2D eigenvalue weighted by atomic mass is 16.5. The lowest BCUT2D eigenvalue weighted by Crippen LogP contribution is -2.27. The van der Waals surface area contributed by atoms with Crippen molar-refractivity contribution in [3.8, 4) is 23.0 Å². The Labute approximate surface area is 175 Å². The third-order valence-electron chi connectivity index (χ3n) is 5.10. The number of hydrogen-bond donors (Lipinski definition) is 2. The lowest BCUT2D eigenvalue weighted by Gasteiger charge is -2.21. The summed E-state index contributed by atoms with van der Waals surface area (Å²) >= 11 is 0. The normalized spacial score (nSPS) is 18.0. The smallest absolute Gasteiger partial charge is 0.169 e. The zero-order valence-corrected chi connectivity index (χ0v) is 16.9. The molecule has 1 fully saturated rings. The number of methoxy groups -OCH3 is 2. The number of aromatic hydroxyl groups is 2. The van der Waals surface area contributed by atoms with Crippen molar-refractivity contribution < 1.29 is 29.3 Å². The van der Waals surface area contributed by atoms with E-state index in [2.05, 4.69) is 0 Å². The van der Waals surface area contributed by atoms with E-state index in [4.69, 9.17) is 9.47 Å². The summed E-state index contributed by atoms with van der Waals surface area (Å²) in [5.74, 6) is -0.449. The predicted molar refractivity (Wildman–Crippen MR) is 114 cm³/mol. The van der Waals surface area contributed by atoms with Crippen LogP contribution >= 0.6 is 0 Å². The van der Waals surface area contributed by atoms with E-state index >= 15 is 0 Å². The molecule has 30 heavy (non-hydrogen) atoms. The molecule has 0 bridgehead atoms. The molecule has 6 nitrogen and oxygen atoms in total. The van der Waals surface area contributed by atoms with Crippen LogP contribution in [-0.4, -0.2) is 36.0 Å². The molecule has 0 amide bonds. The Morgan fingerprint density at radius 2 is 1.60 bits per heavy atom. The van der Waals surface area contributed by atoms with Gasteiger partial charge in [0.25, 0.3) is 0 Å². The Bertz CT molecular complexity index is 1020. The fraction of sp³-hybridized carbons (Fsp3) is 0.250. The fourth-order valence-electron chi connectivity index (χ4n) is 3.47. The molecular formula is C24H24O6. The average molecular weight is 408 g/mol. The van der Waals surface area contributed by atoms with Crippen molar-refractivity contribution in [1.29, 1.82) is 0 Å². The van der Waals surface area contributed by atoms with Gasteiger partial charge in [0.05, 0.1) is 20.1 Å². The topological polar surface area (TPSA) is 93.1 Å². The number of rotatable bonds is 6. The van der Waals surface area contributed by atoms with Crippen molar-refractivity contribution in [2.75, 3.05) is 14.2 Å². The molecule has 156 valence electrons. The van der Waals surface area contributed by atoms with E-state index in [-0.39, 0.29) is 23.1 Å². The van der Waals surface area contributed by atoms with Crippen LogP contribution in [-0.2, 0) is 9.59 Å². The maximum absolute atomic E-state index is 12.9. The minimum atomic E-state index is -0.709. The van der Waals surface area contributed by atoms with Crippen molar-refractivity contribution in [3.63, 3.8) is 0 Å². The van der Waals surface area contributed by atoms with Gasteiger partial charge in [0.15, 0.2) is 34.6 Å². The molecule has 1 saturated carbocycles. The van der Waals surface area contributed by atoms with Crippen molar-refractivity contribution in [2.24, 2.45) is 5.92 Å². The highest BCUT2D eigenvalue weighted by Crippen LogP contribution is 2.31. The molecule has 2 aromatic rings. The molecule has 0 radical (unpaired) electrons. The second kappa shape index (κ2) is 9.31. The van der Waals surface area contributed by atoms with Crippen LogP contribution in [0, 0.1) is 5.92 Å². The third-order valence-corrected chi connectivity index (χ3v) is 5.10. The number of phenols is 2. The molecule has 0 aromatic heterocycles. The number of phenolic OH excluding ortho intramolecular Hbond substituents is 2. The van der Waals surface area contributed by atoms with Crippen molar-refractivity contribution in [1.82, 2.24) is 0 Å². The standard InChI is InChI=1S/C24H24O6/c1-29-22-13-15(7-10-20(22)26)6-9-19(25)18-5-3-4-17(24(18)28)12-16-8-11-21(27)23(14-16)30-2/h6-14,18,26-27H,3-5H2,1-2H3. The summed E-state index contributed by atoms with van der Waals surface area (Å²) in [5, 5.41) is 19.4. The Hall–Kier alpha value is -3.54. The van der Waals surface area contributed by atoms with Crippen LogP contribution in [0.2, 0.25) is 0 Å². The SMILES string of the molecule is COc1cc(C=CC(=O)C2CCCC(=Cc3ccc(O)c(OC)c3)C2=O)ccc1O. The average Bonchev–Trinajstić information content (AvgIpc) is 2.75. The Balaban J connectivity index is 1.77. The van der Waals surface area contributed by atoms with Gasteiger partial charge in [0.2, 0.25) is 0 Å². The van der Waals surface area contributed by atoms with E-state index in [1.165, 1.54) is 32.4 Å². The zero-order chi connectivity index (χ0) is 21.7. The molecule has 3 rings (SSSR count). The van der Waals surface area contributed by atoms with E-state index in [0.717, 1.165) is 12.0 Å². The second-order valence-electron chi connectivity index (χ2n) is 7.08. The van der Waals surface area contributed by atoms with Gasteiger partial charge < -0.3 is 19.7 Å². The van der Waals surface area contributed by atoms with Crippen LogP contribution in [0.25, 0.3) is 12.2 Å². The number of hydrogen-bond acceptors (Lipinski definition) is 6. The van der Waals surface area contributed by atoms with Crippen LogP contribution in [0.3, 0.4) is 0 Å². The minimum absolute atomic E-state index is 0.0177. The first-order valence-electron chi connectivity index (χ1n) is 9.63. The highest BCUT2D eigenvalue weighted by Gasteiger charge is 2.30. The number of carbonyl (C=O) groups is 2. The van der Waals surface area contributed by atoms with Gasteiger partial charge in [0, 0.05) is 0 Å². The number of ether oxygens (including phenoxy) is 2. The first-order valence-corrected chi connectivity index (χ1v) is 9.63. The third kappa shape index (κ3) is 4.71. The monoisotopic (exact) mass is 408 g/mol. The van der Waals surface area contributed by atoms with E-state index in [1.807, 2.05) is 0 Å². The van der Waals surface area contributed by atoms with Gasteiger partial charge in [-0.25, -0.2) is 0 Å². The summed E-state index contributed by atoms with van der Waals surface area (Å²) in [6.07, 6.45) is 6.62. The molecule has 0 saturated heterocycles. The van der Waals surface area contributed by atoms with Crippen LogP contribution < -0.4 is 9.47 Å². The molecule has 6 heteroatoms. The van der Waals surface area contributed by atoms with Crippen LogP contribution in [0.5, 0.6) is 23.0 Å². The van der Waals surface area contributed by atoms with Crippen LogP contribution in [0.1, 0.15) is 30.4 Å². The van der Waals surface area contributed by atoms with Crippen molar-refractivity contribution in [2.45, 2.75) is 19.3 Å². The number of ketones is 2. The maximum Gasteiger partial charge on any atom is 0.169 e. The van der Waals surface area contributed by atoms with Gasteiger partial charge in [-0.15, -0.1) is 0 Å². The van der Waals surface area contributed by atoms with Gasteiger partial charge in [0.1, 0.15) is 0 Å². The van der Waals surface area contributed by atoms with Gasteiger partial charge in [-0.2, -0.15) is 0 Å². The molecule has 1 atom stereocenters. The second-order valence-corrected chi connectivity index (χ2v) is 7.08. The molecule has 1 aliphatic carbocycles. The first-order chi connectivity index (χ1) is 14.4. The van der Waals surface area contributed by atoms with Gasteiger partial charge in [-0.1, -0.05) is 18.2 Å². The van der Waals surface area contributed by atoms with E-state index < -0.39 is 5.92 Å². The van der Waals surface area contributed by atoms with Crippen LogP contribution in [0.4, 0.5) is 0 Å². The van der Waals surface area contributed by atoms with E-state index in [1.54, 1.807) is 36.4 Å². The predicted octanol–water partition coefficient (Wildman–Crippen LogP) is 4.15. The van der Waals surface area contributed by atoms with Gasteiger partial charge in [-0.3, -0.25) is 9.59 Å². The van der Waals surface area contributed by atoms with Gasteiger partial charge >= 0.3 is 0 Å². The summed E-state index contributed by atoms with van der Waals surface area (Å²) < 4.78 is 10.2. The van der Waals surface area contributed by atoms with E-state index in [9.17, 15) is 19.8 Å². The quantitative estimate of drug-likeness (QED) is 0.551. The van der Waals surface area contributed by atoms with Crippen molar-refractivity contribution in [3.05, 3.63) is 59.2 Å². The number of carbonyl (C=O) groups excluding carboxylic acids is 2. The number of allylic oxidation sites excluding steroid dienone is 2. The Kier molecular flexibility index (Phi) is 6.57. The lowest BCUT2D eigenvalue weighted by molar-refractivity contribution is -0.129. The lowest BCUT2D eigenvalue weighted by atomic mass is 9.81. The molecule has 2 N–H and O–H groups in total. The highest BCUT2D eigenvalue weighted by molar-refractivity contribution is 6.16. The summed E-state index contributed by atoms with van der Waals surface area (Å²) in [6.45, 7) is 0. The summed E-state index contributed by atoms with van der Waals surface area (Å²) in [6, 6.07) is 9.62. The number of Topliss-reactive ketones (excluding diaryl/α,β-unsaturated/α-hetero) is 1. The maximum atomic E-state index is 12.9. The zero-order valence-electron chi connectivity index (χ0n) is 16.9. The van der Waals surface area contributed by atoms with Crippen LogP contribution in [0.15, 0.2) is 48.0 Å². The molecule has 1 aliphatic rings. The molecule has 0 aliphatic heterocycles. The molecule has 2 aromatic carbocycles. The largest absolute Gasteiger partial charge is 0.504 e. The summed E-state index contributed by atoms with van der Waals surface area (Å²) in [4.78, 5) is 25.6. The number of benzene rings is 2. The molecular weight excluding hydrogens is 384 g/mol. The minimum Gasteiger partial charge on any atom is -0.504 e. The molecule has 1 unspecified atom stereocenters. The molecule has 0 spiro atoms. The van der Waals surface area contributed by atoms with E-state index in [0.29, 0.717) is 35.5 Å². The molecule has 0 heterocycles. The van der Waals surface area contributed by atoms with Crippen molar-refractivity contribution >= 4 is 23.7 Å². The summed E-state index contributed by atoms with van der Waals surface area (Å²) in [5.41, 5.74) is 2.01. The fourth-order valence-corrected chi connectivity index (χ4v) is 3.47. The Morgan fingerprint density at radius 1 is 1.00 bits per heavy atom.